The van der Waals surface area contributed by atoms with Crippen LogP contribution >= 0.6 is 22.9 Å². The van der Waals surface area contributed by atoms with Gasteiger partial charge in [0.15, 0.2) is 10.8 Å². The van der Waals surface area contributed by atoms with Crippen LogP contribution in [-0.4, -0.2) is 74.1 Å². The second-order valence-corrected chi connectivity index (χ2v) is 14.6. The fourth-order valence-corrected chi connectivity index (χ4v) is 9.94. The molecule has 0 radical (unpaired) electrons. The summed E-state index contributed by atoms with van der Waals surface area (Å²) in [6.45, 7) is -0.661. The Balaban J connectivity index is 1.31. The van der Waals surface area contributed by atoms with Crippen molar-refractivity contribution >= 4 is 44.6 Å². The van der Waals surface area contributed by atoms with Gasteiger partial charge in [0.05, 0.1) is 11.8 Å². The Bertz CT molecular complexity index is 1750. The first-order chi connectivity index (χ1) is 21.0. The van der Waals surface area contributed by atoms with Gasteiger partial charge in [-0.3, -0.25) is 4.99 Å². The van der Waals surface area contributed by atoms with E-state index in [1.165, 1.54) is 39.9 Å². The third-order valence-electron chi connectivity index (χ3n) is 8.86. The highest BCUT2D eigenvalue weighted by Crippen LogP contribution is 2.47. The maximum atomic E-state index is 14.1. The molecule has 1 aromatic carbocycles. The second-order valence-electron chi connectivity index (χ2n) is 11.7. The number of hydrogen-bond donors (Lipinski definition) is 2. The Labute approximate surface area is 261 Å². The van der Waals surface area contributed by atoms with Crippen molar-refractivity contribution in [2.45, 2.75) is 69.4 Å². The molecule has 3 saturated heterocycles. The molecule has 3 unspecified atom stereocenters. The maximum Gasteiger partial charge on any atom is 0.333 e. The summed E-state index contributed by atoms with van der Waals surface area (Å²) in [5, 5.41) is 16.9. The number of piperidine rings is 1. The van der Waals surface area contributed by atoms with Crippen molar-refractivity contribution in [1.29, 1.82) is 0 Å². The van der Waals surface area contributed by atoms with Crippen LogP contribution in [0.1, 0.15) is 61.5 Å². The Morgan fingerprint density at radius 3 is 2.70 bits per heavy atom. The molecular weight excluding hydrogens is 639 g/mol. The van der Waals surface area contributed by atoms with Crippen molar-refractivity contribution in [1.82, 2.24) is 28.7 Å². The molecule has 4 aliphatic rings. The van der Waals surface area contributed by atoms with E-state index in [0.717, 1.165) is 6.20 Å². The summed E-state index contributed by atoms with van der Waals surface area (Å²) in [7, 11) is -3.95. The average molecular weight is 668 g/mol. The van der Waals surface area contributed by atoms with Crippen molar-refractivity contribution in [3.05, 3.63) is 74.8 Å². The third-order valence-corrected chi connectivity index (χ3v) is 11.7. The Morgan fingerprint density at radius 1 is 1.20 bits per heavy atom. The lowest BCUT2D eigenvalue weighted by Crippen LogP contribution is -2.55. The van der Waals surface area contributed by atoms with Gasteiger partial charge >= 0.3 is 6.55 Å². The van der Waals surface area contributed by atoms with Crippen LogP contribution in [0.5, 0.6) is 0 Å². The quantitative estimate of drug-likeness (QED) is 0.381. The summed E-state index contributed by atoms with van der Waals surface area (Å²) in [5.41, 5.74) is 1.76. The van der Waals surface area contributed by atoms with E-state index in [1.54, 1.807) is 11.6 Å². The molecule has 0 amide bonds. The van der Waals surface area contributed by atoms with Gasteiger partial charge < -0.3 is 10.0 Å². The van der Waals surface area contributed by atoms with Crippen LogP contribution < -0.4 is 4.72 Å². The summed E-state index contributed by atoms with van der Waals surface area (Å²) in [6.07, 6.45) is 3.93. The molecule has 7 rings (SSSR count). The number of nitrogens with zero attached hydrogens (tertiary/aromatic N) is 6. The Kier molecular flexibility index (Phi) is 7.61. The van der Waals surface area contributed by atoms with Gasteiger partial charge in [0.1, 0.15) is 11.9 Å². The van der Waals surface area contributed by atoms with Crippen LogP contribution in [0.15, 0.2) is 52.7 Å². The first-order valence-corrected chi connectivity index (χ1v) is 17.0. The molecule has 6 heterocycles. The molecule has 6 atom stereocenters. The average Bonchev–Trinajstić information content (AvgIpc) is 3.75. The fraction of sp³-hybridized carbons (Fsp3) is 0.464. The Morgan fingerprint density at radius 2 is 2.02 bits per heavy atom. The van der Waals surface area contributed by atoms with Gasteiger partial charge in [-0.2, -0.15) is 31.3 Å². The van der Waals surface area contributed by atoms with E-state index in [9.17, 15) is 26.7 Å². The predicted molar refractivity (Wildman–Crippen MR) is 159 cm³/mol. The van der Waals surface area contributed by atoms with Crippen LogP contribution in [0.2, 0.25) is 5.02 Å². The van der Waals surface area contributed by atoms with Gasteiger partial charge in [-0.1, -0.05) is 24.6 Å². The molecule has 2 aromatic heterocycles. The van der Waals surface area contributed by atoms with Crippen LogP contribution in [-0.2, 0) is 10.2 Å². The Hall–Kier alpha value is -2.82. The van der Waals surface area contributed by atoms with Crippen molar-refractivity contribution in [2.24, 2.45) is 10.9 Å². The number of thiazole rings is 1. The first-order valence-electron chi connectivity index (χ1n) is 14.3. The van der Waals surface area contributed by atoms with Gasteiger partial charge in [0.2, 0.25) is 0 Å². The van der Waals surface area contributed by atoms with Gasteiger partial charge in [-0.15, -0.1) is 11.3 Å². The van der Waals surface area contributed by atoms with Crippen LogP contribution in [0, 0.1) is 11.7 Å². The predicted octanol–water partition coefficient (Wildman–Crippen LogP) is 4.58. The van der Waals surface area contributed by atoms with E-state index < -0.39 is 40.8 Å². The summed E-state index contributed by atoms with van der Waals surface area (Å²) in [4.78, 5) is 11.3. The topological polar surface area (TPSA) is 116 Å². The minimum Gasteiger partial charge on any atom is -0.393 e. The summed E-state index contributed by atoms with van der Waals surface area (Å²) in [6, 6.07) is 3.34. The van der Waals surface area contributed by atoms with Crippen molar-refractivity contribution in [3.63, 3.8) is 0 Å². The number of amidine groups is 1. The zero-order valence-electron chi connectivity index (χ0n) is 23.4. The molecule has 0 saturated carbocycles. The highest BCUT2D eigenvalue weighted by molar-refractivity contribution is 7.87. The van der Waals surface area contributed by atoms with Crippen molar-refractivity contribution in [2.75, 3.05) is 6.54 Å². The maximum absolute atomic E-state index is 14.1. The number of hydrogen-bond acceptors (Lipinski definition) is 8. The van der Waals surface area contributed by atoms with E-state index in [-0.39, 0.29) is 41.7 Å². The number of benzene rings is 1. The standard InChI is InChI=1S/C28H29ClF3N7O3S2/c1-14-8-17-11-18(40)12-22(14)39(17)44(41,42)36-16-10-23-24(21-4-6-38(35-21)28(31)32)25(19-3-2-15(30)9-20(19)29)34-26(37(23)13-16)27-33-5-7-43-27/h2-7,9,14,16-18,22,25,28,36,40H,8,10-13H2,1H3/t14-,16-,17?,18?,22?,25-/m0/s1. The normalized spacial score (nSPS) is 29.1. The molecule has 4 aliphatic heterocycles. The number of aliphatic hydroxyl groups is 1. The fourth-order valence-electron chi connectivity index (χ4n) is 7.12. The lowest BCUT2D eigenvalue weighted by molar-refractivity contribution is 0.0564. The lowest BCUT2D eigenvalue weighted by atomic mass is 9.92. The zero-order chi connectivity index (χ0) is 30.9. The number of fused-ring (bicyclic) bond motifs is 3. The van der Waals surface area contributed by atoms with Crippen LogP contribution in [0.25, 0.3) is 5.57 Å². The molecule has 44 heavy (non-hydrogen) atoms. The summed E-state index contributed by atoms with van der Waals surface area (Å²) in [5.74, 6) is 0.0435. The molecular formula is C28H29ClF3N7O3S2. The van der Waals surface area contributed by atoms with Gasteiger partial charge in [-0.25, -0.2) is 14.1 Å². The SMILES string of the molecule is C[C@H]1CC2CC(O)CC1N2S(=O)(=O)N[C@H]1CC2=C(c3ccn(C(F)F)n3)[C@H](c3ccc(F)cc3Cl)N=C(c3nccs3)N2C1. The van der Waals surface area contributed by atoms with Gasteiger partial charge in [-0.05, 0) is 43.4 Å². The van der Waals surface area contributed by atoms with Crippen molar-refractivity contribution < 1.29 is 26.7 Å². The largest absolute Gasteiger partial charge is 0.393 e. The lowest BCUT2D eigenvalue weighted by Gasteiger charge is -2.37. The molecule has 2 bridgehead atoms. The number of rotatable bonds is 7. The van der Waals surface area contributed by atoms with Gasteiger partial charge in [0, 0.05) is 70.7 Å². The number of nitrogens with one attached hydrogen (secondary N) is 1. The molecule has 2 N–H and O–H groups in total. The number of aliphatic imine (C=N–C) groups is 1. The highest BCUT2D eigenvalue weighted by atomic mass is 35.5. The molecule has 3 aromatic rings. The molecule has 234 valence electrons. The van der Waals surface area contributed by atoms with Crippen LogP contribution in [0.4, 0.5) is 13.2 Å². The van der Waals surface area contributed by atoms with Gasteiger partial charge in [0.25, 0.3) is 10.2 Å². The van der Waals surface area contributed by atoms with Crippen molar-refractivity contribution in [3.8, 4) is 0 Å². The summed E-state index contributed by atoms with van der Waals surface area (Å²) >= 11 is 7.87. The number of halogens is 4. The van der Waals surface area contributed by atoms with E-state index in [4.69, 9.17) is 16.6 Å². The zero-order valence-corrected chi connectivity index (χ0v) is 25.8. The van der Waals surface area contributed by atoms with E-state index in [0.29, 0.717) is 51.6 Å². The van der Waals surface area contributed by atoms with E-state index >= 15 is 0 Å². The molecule has 0 aliphatic carbocycles. The van der Waals surface area contributed by atoms with E-state index in [1.807, 2.05) is 11.8 Å². The molecule has 3 fully saturated rings. The minimum absolute atomic E-state index is 0.101. The highest BCUT2D eigenvalue weighted by Gasteiger charge is 2.51. The van der Waals surface area contributed by atoms with Crippen LogP contribution in [0.3, 0.4) is 0 Å². The number of aromatic nitrogens is 3. The van der Waals surface area contributed by atoms with E-state index in [2.05, 4.69) is 14.8 Å². The number of aliphatic hydroxyl groups excluding tert-OH is 1. The molecule has 10 nitrogen and oxygen atoms in total. The first kappa shape index (κ1) is 29.9. The molecule has 0 spiro atoms. The second kappa shape index (κ2) is 11.2. The molecule has 16 heteroatoms. The monoisotopic (exact) mass is 667 g/mol. The summed E-state index contributed by atoms with van der Waals surface area (Å²) < 4.78 is 74.0. The number of alkyl halides is 2. The third kappa shape index (κ3) is 5.16. The smallest absolute Gasteiger partial charge is 0.333 e. The minimum atomic E-state index is -3.95.